The predicted octanol–water partition coefficient (Wildman–Crippen LogP) is 3.68. The lowest BCUT2D eigenvalue weighted by Gasteiger charge is -2.36. The van der Waals surface area contributed by atoms with Crippen LogP contribution in [-0.2, 0) is 6.54 Å². The van der Waals surface area contributed by atoms with E-state index in [9.17, 15) is 0 Å². The molecule has 0 N–H and O–H groups in total. The fourth-order valence-corrected chi connectivity index (χ4v) is 3.35. The molecule has 1 aliphatic rings. The Morgan fingerprint density at radius 3 is 2.29 bits per heavy atom. The number of methoxy groups -OCH3 is 2. The first-order valence-corrected chi connectivity index (χ1v) is 8.52. The Morgan fingerprint density at radius 1 is 0.917 bits per heavy atom. The molecule has 1 fully saturated rings. The highest BCUT2D eigenvalue weighted by Gasteiger charge is 2.19. The van der Waals surface area contributed by atoms with Gasteiger partial charge in [-0.1, -0.05) is 29.8 Å². The molecule has 0 aliphatic carbocycles. The van der Waals surface area contributed by atoms with Crippen LogP contribution in [-0.4, -0.2) is 45.3 Å². The number of hydrogen-bond donors (Lipinski definition) is 0. The average molecular weight is 347 g/mol. The molecule has 1 aliphatic heterocycles. The Hall–Kier alpha value is -1.91. The first-order chi connectivity index (χ1) is 11.7. The summed E-state index contributed by atoms with van der Waals surface area (Å²) in [4.78, 5) is 4.81. The molecule has 2 aromatic carbocycles. The lowest BCUT2D eigenvalue weighted by molar-refractivity contribution is 0.249. The molecule has 0 radical (unpaired) electrons. The number of hydrogen-bond acceptors (Lipinski definition) is 4. The van der Waals surface area contributed by atoms with Gasteiger partial charge in [0.1, 0.15) is 0 Å². The lowest BCUT2D eigenvalue weighted by Crippen LogP contribution is -2.46. The predicted molar refractivity (Wildman–Crippen MR) is 98.5 cm³/mol. The summed E-state index contributed by atoms with van der Waals surface area (Å²) in [7, 11) is 3.33. The van der Waals surface area contributed by atoms with Crippen molar-refractivity contribution in [2.45, 2.75) is 6.54 Å². The van der Waals surface area contributed by atoms with E-state index in [0.29, 0.717) is 0 Å². The molecule has 0 saturated carbocycles. The summed E-state index contributed by atoms with van der Waals surface area (Å²) in [6.07, 6.45) is 0. The van der Waals surface area contributed by atoms with E-state index < -0.39 is 0 Å². The van der Waals surface area contributed by atoms with Crippen LogP contribution in [0.5, 0.6) is 11.5 Å². The third kappa shape index (κ3) is 3.77. The number of para-hydroxylation sites is 1. The van der Waals surface area contributed by atoms with Crippen LogP contribution in [0.2, 0.25) is 5.02 Å². The molecule has 128 valence electrons. The number of rotatable bonds is 5. The molecule has 24 heavy (non-hydrogen) atoms. The smallest absolute Gasteiger partial charge is 0.161 e. The fourth-order valence-electron chi connectivity index (χ4n) is 3.09. The zero-order chi connectivity index (χ0) is 16.9. The number of anilines is 1. The molecule has 0 spiro atoms. The SMILES string of the molecule is COc1ccc(CN2CCN(c3ccccc3Cl)CC2)cc1OC. The van der Waals surface area contributed by atoms with Gasteiger partial charge in [0, 0.05) is 32.7 Å². The highest BCUT2D eigenvalue weighted by molar-refractivity contribution is 6.33. The van der Waals surface area contributed by atoms with Crippen molar-refractivity contribution in [3.05, 3.63) is 53.1 Å². The number of piperazine rings is 1. The molecule has 0 atom stereocenters. The Bertz CT molecular complexity index is 685. The monoisotopic (exact) mass is 346 g/mol. The highest BCUT2D eigenvalue weighted by atomic mass is 35.5. The van der Waals surface area contributed by atoms with Crippen molar-refractivity contribution in [2.75, 3.05) is 45.3 Å². The summed E-state index contributed by atoms with van der Waals surface area (Å²) in [5.41, 5.74) is 2.36. The van der Waals surface area contributed by atoms with E-state index >= 15 is 0 Å². The Morgan fingerprint density at radius 2 is 1.62 bits per heavy atom. The molecule has 0 unspecified atom stereocenters. The number of halogens is 1. The summed E-state index contributed by atoms with van der Waals surface area (Å²) in [6, 6.07) is 14.2. The first-order valence-electron chi connectivity index (χ1n) is 8.14. The van der Waals surface area contributed by atoms with Crippen LogP contribution in [0.3, 0.4) is 0 Å². The summed E-state index contributed by atoms with van der Waals surface area (Å²) in [5, 5.41) is 0.825. The summed E-state index contributed by atoms with van der Waals surface area (Å²) < 4.78 is 10.7. The molecular formula is C19H23ClN2O2. The third-order valence-electron chi connectivity index (χ3n) is 4.42. The van der Waals surface area contributed by atoms with Crippen LogP contribution in [0.25, 0.3) is 0 Å². The molecule has 1 heterocycles. The second-order valence-electron chi connectivity index (χ2n) is 5.90. The Balaban J connectivity index is 1.60. The maximum absolute atomic E-state index is 6.30. The van der Waals surface area contributed by atoms with E-state index in [1.165, 1.54) is 5.56 Å². The summed E-state index contributed by atoms with van der Waals surface area (Å²) in [6.45, 7) is 4.91. The molecule has 1 saturated heterocycles. The minimum absolute atomic E-state index is 0.768. The van der Waals surface area contributed by atoms with E-state index in [0.717, 1.165) is 54.9 Å². The van der Waals surface area contributed by atoms with E-state index in [2.05, 4.69) is 28.0 Å². The normalized spacial score (nSPS) is 15.4. The van der Waals surface area contributed by atoms with Crippen molar-refractivity contribution in [2.24, 2.45) is 0 Å². The average Bonchev–Trinajstić information content (AvgIpc) is 2.63. The molecule has 2 aromatic rings. The van der Waals surface area contributed by atoms with Crippen molar-refractivity contribution in [3.8, 4) is 11.5 Å². The van der Waals surface area contributed by atoms with Gasteiger partial charge < -0.3 is 14.4 Å². The molecule has 0 amide bonds. The van der Waals surface area contributed by atoms with E-state index in [1.54, 1.807) is 14.2 Å². The van der Waals surface area contributed by atoms with Crippen LogP contribution in [0.4, 0.5) is 5.69 Å². The fraction of sp³-hybridized carbons (Fsp3) is 0.368. The Labute approximate surface area is 148 Å². The van der Waals surface area contributed by atoms with Gasteiger partial charge in [-0.3, -0.25) is 4.90 Å². The minimum atomic E-state index is 0.768. The van der Waals surface area contributed by atoms with Gasteiger partial charge in [0.2, 0.25) is 0 Å². The van der Waals surface area contributed by atoms with Crippen molar-refractivity contribution in [3.63, 3.8) is 0 Å². The largest absolute Gasteiger partial charge is 0.493 e. The maximum atomic E-state index is 6.30. The quantitative estimate of drug-likeness (QED) is 0.824. The topological polar surface area (TPSA) is 24.9 Å². The molecule has 3 rings (SSSR count). The molecule has 0 bridgehead atoms. The first kappa shape index (κ1) is 16.9. The lowest BCUT2D eigenvalue weighted by atomic mass is 10.1. The Kier molecular flexibility index (Phi) is 5.48. The number of nitrogens with zero attached hydrogens (tertiary/aromatic N) is 2. The second kappa shape index (κ2) is 7.77. The van der Waals surface area contributed by atoms with Crippen LogP contribution in [0.1, 0.15) is 5.56 Å². The highest BCUT2D eigenvalue weighted by Crippen LogP contribution is 2.29. The van der Waals surface area contributed by atoms with Crippen LogP contribution in [0.15, 0.2) is 42.5 Å². The van der Waals surface area contributed by atoms with Gasteiger partial charge in [-0.05, 0) is 29.8 Å². The van der Waals surface area contributed by atoms with Gasteiger partial charge >= 0.3 is 0 Å². The van der Waals surface area contributed by atoms with Gasteiger partial charge in [0.05, 0.1) is 24.9 Å². The van der Waals surface area contributed by atoms with Crippen molar-refractivity contribution in [1.29, 1.82) is 0 Å². The number of ether oxygens (including phenoxy) is 2. The third-order valence-corrected chi connectivity index (χ3v) is 4.74. The van der Waals surface area contributed by atoms with Crippen LogP contribution < -0.4 is 14.4 Å². The standard InChI is InChI=1S/C19H23ClN2O2/c1-23-18-8-7-15(13-19(18)24-2)14-21-9-11-22(12-10-21)17-6-4-3-5-16(17)20/h3-8,13H,9-12,14H2,1-2H3. The van der Waals surface area contributed by atoms with Crippen LogP contribution in [0, 0.1) is 0 Å². The number of benzene rings is 2. The van der Waals surface area contributed by atoms with Crippen molar-refractivity contribution >= 4 is 17.3 Å². The maximum Gasteiger partial charge on any atom is 0.161 e. The van der Waals surface area contributed by atoms with Gasteiger partial charge in [-0.2, -0.15) is 0 Å². The minimum Gasteiger partial charge on any atom is -0.493 e. The van der Waals surface area contributed by atoms with Crippen molar-refractivity contribution in [1.82, 2.24) is 4.90 Å². The molecule has 5 heteroatoms. The van der Waals surface area contributed by atoms with Gasteiger partial charge in [0.25, 0.3) is 0 Å². The molecular weight excluding hydrogens is 324 g/mol. The molecule has 0 aromatic heterocycles. The molecule has 4 nitrogen and oxygen atoms in total. The van der Waals surface area contributed by atoms with Gasteiger partial charge in [-0.25, -0.2) is 0 Å². The van der Waals surface area contributed by atoms with E-state index in [-0.39, 0.29) is 0 Å². The zero-order valence-electron chi connectivity index (χ0n) is 14.2. The second-order valence-corrected chi connectivity index (χ2v) is 6.31. The van der Waals surface area contributed by atoms with E-state index in [4.69, 9.17) is 21.1 Å². The zero-order valence-corrected chi connectivity index (χ0v) is 14.9. The summed E-state index contributed by atoms with van der Waals surface area (Å²) >= 11 is 6.30. The van der Waals surface area contributed by atoms with Crippen molar-refractivity contribution < 1.29 is 9.47 Å². The summed E-state index contributed by atoms with van der Waals surface area (Å²) in [5.74, 6) is 1.55. The van der Waals surface area contributed by atoms with Gasteiger partial charge in [-0.15, -0.1) is 0 Å². The van der Waals surface area contributed by atoms with Gasteiger partial charge in [0.15, 0.2) is 11.5 Å². The van der Waals surface area contributed by atoms with Crippen LogP contribution >= 0.6 is 11.6 Å². The van der Waals surface area contributed by atoms with E-state index in [1.807, 2.05) is 24.3 Å².